The van der Waals surface area contributed by atoms with Crippen LogP contribution >= 0.6 is 11.3 Å². The summed E-state index contributed by atoms with van der Waals surface area (Å²) < 4.78 is 5.82. The molecule has 1 aliphatic carbocycles. The molecule has 1 fully saturated rings. The lowest BCUT2D eigenvalue weighted by Gasteiger charge is -2.37. The van der Waals surface area contributed by atoms with Gasteiger partial charge >= 0.3 is 6.09 Å². The van der Waals surface area contributed by atoms with Gasteiger partial charge in [0.25, 0.3) is 0 Å². The molecule has 1 aromatic carbocycles. The number of ether oxygens (including phenoxy) is 1. The van der Waals surface area contributed by atoms with E-state index in [-0.39, 0.29) is 11.5 Å². The predicted molar refractivity (Wildman–Crippen MR) is 116 cm³/mol. The maximum Gasteiger partial charge on any atom is 0.419 e. The summed E-state index contributed by atoms with van der Waals surface area (Å²) in [6, 6.07) is 14.3. The molecule has 1 aliphatic heterocycles. The summed E-state index contributed by atoms with van der Waals surface area (Å²) in [7, 11) is 0. The molecule has 4 heteroatoms. The van der Waals surface area contributed by atoms with E-state index in [1.54, 1.807) is 16.2 Å². The van der Waals surface area contributed by atoms with E-state index in [1.807, 2.05) is 45.0 Å². The van der Waals surface area contributed by atoms with Crippen molar-refractivity contribution in [1.82, 2.24) is 4.90 Å². The Balaban J connectivity index is 1.87. The second-order valence-corrected chi connectivity index (χ2v) is 9.61. The van der Waals surface area contributed by atoms with Gasteiger partial charge < -0.3 is 4.74 Å². The van der Waals surface area contributed by atoms with E-state index in [0.717, 1.165) is 34.7 Å². The van der Waals surface area contributed by atoms with Gasteiger partial charge in [0.15, 0.2) is 0 Å². The van der Waals surface area contributed by atoms with E-state index in [2.05, 4.69) is 35.7 Å². The molecule has 1 amide bonds. The number of hydrogen-bond acceptors (Lipinski definition) is 3. The average molecular weight is 394 g/mol. The summed E-state index contributed by atoms with van der Waals surface area (Å²) in [4.78, 5) is 16.2. The third kappa shape index (κ3) is 3.79. The van der Waals surface area contributed by atoms with Crippen LogP contribution < -0.4 is 0 Å². The Morgan fingerprint density at radius 1 is 1.00 bits per heavy atom. The Kier molecular flexibility index (Phi) is 4.92. The fourth-order valence-corrected chi connectivity index (χ4v) is 4.83. The van der Waals surface area contributed by atoms with Crippen molar-refractivity contribution in [1.29, 1.82) is 0 Å². The summed E-state index contributed by atoms with van der Waals surface area (Å²) in [5, 5.41) is 2.06. The standard InChI is InChI=1S/C24H27NO2S/c1-23(2,3)27-22(26)25-19(18-10-5-4-6-11-18)16-24(13-7-8-14-24)17-20(25)21-12-9-15-28-21/h4-6,9-12,15-17H,7-8,13-14H2,1-3H3. The van der Waals surface area contributed by atoms with E-state index in [1.165, 1.54) is 12.8 Å². The number of carbonyl (C=O) groups excluding carboxylic acids is 1. The van der Waals surface area contributed by atoms with Crippen molar-refractivity contribution >= 4 is 28.8 Å². The number of rotatable bonds is 2. The van der Waals surface area contributed by atoms with Gasteiger partial charge in [0.05, 0.1) is 16.3 Å². The van der Waals surface area contributed by atoms with Crippen LogP contribution in [0, 0.1) is 5.41 Å². The molecular formula is C24H27NO2S. The van der Waals surface area contributed by atoms with Crippen LogP contribution in [0.5, 0.6) is 0 Å². The van der Waals surface area contributed by atoms with Crippen molar-refractivity contribution in [3.8, 4) is 0 Å². The third-order valence-electron chi connectivity index (χ3n) is 5.28. The number of allylic oxidation sites excluding steroid dienone is 2. The fourth-order valence-electron chi connectivity index (χ4n) is 4.10. The zero-order chi connectivity index (χ0) is 19.8. The lowest BCUT2D eigenvalue weighted by atomic mass is 9.80. The summed E-state index contributed by atoms with van der Waals surface area (Å²) in [6.07, 6.45) is 8.98. The number of nitrogens with zero attached hydrogens (tertiary/aromatic N) is 1. The fraction of sp³-hybridized carbons (Fsp3) is 0.375. The number of hydrogen-bond donors (Lipinski definition) is 0. The average Bonchev–Trinajstić information content (AvgIpc) is 3.33. The zero-order valence-electron chi connectivity index (χ0n) is 16.8. The highest BCUT2D eigenvalue weighted by molar-refractivity contribution is 7.11. The van der Waals surface area contributed by atoms with Crippen molar-refractivity contribution in [3.63, 3.8) is 0 Å². The van der Waals surface area contributed by atoms with Crippen molar-refractivity contribution in [2.75, 3.05) is 0 Å². The maximum absolute atomic E-state index is 13.3. The summed E-state index contributed by atoms with van der Waals surface area (Å²) in [5.41, 5.74) is 2.39. The smallest absolute Gasteiger partial charge is 0.419 e. The number of carbonyl (C=O) groups is 1. The number of amides is 1. The first-order valence-electron chi connectivity index (χ1n) is 9.95. The van der Waals surface area contributed by atoms with Crippen LogP contribution in [0.1, 0.15) is 56.9 Å². The van der Waals surface area contributed by atoms with E-state index in [9.17, 15) is 4.79 Å². The Labute approximate surface area is 171 Å². The molecule has 4 rings (SSSR count). The molecule has 2 heterocycles. The first kappa shape index (κ1) is 19.0. The molecule has 3 nitrogen and oxygen atoms in total. The van der Waals surface area contributed by atoms with Crippen LogP contribution in [-0.2, 0) is 4.74 Å². The van der Waals surface area contributed by atoms with Gasteiger partial charge in [0, 0.05) is 5.41 Å². The van der Waals surface area contributed by atoms with Crippen LogP contribution in [0.15, 0.2) is 60.0 Å². The summed E-state index contributed by atoms with van der Waals surface area (Å²) >= 11 is 1.66. The molecule has 0 saturated heterocycles. The van der Waals surface area contributed by atoms with Gasteiger partial charge in [-0.2, -0.15) is 0 Å². The molecule has 146 valence electrons. The summed E-state index contributed by atoms with van der Waals surface area (Å²) in [5.74, 6) is 0. The van der Waals surface area contributed by atoms with Crippen LogP contribution in [0.4, 0.5) is 4.79 Å². The number of benzene rings is 1. The monoisotopic (exact) mass is 393 g/mol. The molecule has 2 aromatic rings. The number of thiophene rings is 1. The van der Waals surface area contributed by atoms with Gasteiger partial charge in [-0.3, -0.25) is 0 Å². The normalized spacial score (nSPS) is 18.8. The van der Waals surface area contributed by atoms with Gasteiger partial charge in [0.1, 0.15) is 5.60 Å². The van der Waals surface area contributed by atoms with Gasteiger partial charge in [-0.05, 0) is 62.8 Å². The Morgan fingerprint density at radius 3 is 2.29 bits per heavy atom. The van der Waals surface area contributed by atoms with E-state index in [0.29, 0.717) is 0 Å². The molecule has 0 bridgehead atoms. The highest BCUT2D eigenvalue weighted by atomic mass is 32.1. The minimum Gasteiger partial charge on any atom is -0.443 e. The van der Waals surface area contributed by atoms with E-state index < -0.39 is 5.60 Å². The van der Waals surface area contributed by atoms with Gasteiger partial charge in [-0.25, -0.2) is 9.69 Å². The first-order chi connectivity index (χ1) is 13.4. The summed E-state index contributed by atoms with van der Waals surface area (Å²) in [6.45, 7) is 5.73. The highest BCUT2D eigenvalue weighted by Crippen LogP contribution is 2.50. The lowest BCUT2D eigenvalue weighted by Crippen LogP contribution is -2.37. The van der Waals surface area contributed by atoms with Crippen LogP contribution in [0.2, 0.25) is 0 Å². The minimum absolute atomic E-state index is 0.0169. The largest absolute Gasteiger partial charge is 0.443 e. The van der Waals surface area contributed by atoms with E-state index in [4.69, 9.17) is 4.74 Å². The second-order valence-electron chi connectivity index (χ2n) is 8.66. The topological polar surface area (TPSA) is 29.5 Å². The quantitative estimate of drug-likeness (QED) is 0.553. The SMILES string of the molecule is CC(C)(C)OC(=O)N1C(c2ccccc2)=CC2(C=C1c1cccs1)CCCC2. The van der Waals surface area contributed by atoms with Crippen LogP contribution in [0.25, 0.3) is 11.4 Å². The Hall–Kier alpha value is -2.33. The predicted octanol–water partition coefficient (Wildman–Crippen LogP) is 6.94. The maximum atomic E-state index is 13.3. The van der Waals surface area contributed by atoms with Crippen molar-refractivity contribution in [2.24, 2.45) is 5.41 Å². The van der Waals surface area contributed by atoms with Gasteiger partial charge in [-0.15, -0.1) is 11.3 Å². The lowest BCUT2D eigenvalue weighted by molar-refractivity contribution is 0.0423. The molecule has 1 aromatic heterocycles. The molecule has 28 heavy (non-hydrogen) atoms. The highest BCUT2D eigenvalue weighted by Gasteiger charge is 2.40. The molecule has 0 unspecified atom stereocenters. The minimum atomic E-state index is -0.554. The van der Waals surface area contributed by atoms with Gasteiger partial charge in [-0.1, -0.05) is 49.2 Å². The Bertz CT molecular complexity index is 898. The molecule has 0 atom stereocenters. The zero-order valence-corrected chi connectivity index (χ0v) is 17.6. The molecule has 1 saturated carbocycles. The molecular weight excluding hydrogens is 366 g/mol. The first-order valence-corrected chi connectivity index (χ1v) is 10.8. The third-order valence-corrected chi connectivity index (χ3v) is 6.18. The van der Waals surface area contributed by atoms with Crippen molar-refractivity contribution in [3.05, 3.63) is 70.4 Å². The van der Waals surface area contributed by atoms with Crippen LogP contribution in [-0.4, -0.2) is 16.6 Å². The van der Waals surface area contributed by atoms with Crippen molar-refractivity contribution < 1.29 is 9.53 Å². The molecule has 0 radical (unpaired) electrons. The molecule has 2 aliphatic rings. The second kappa shape index (κ2) is 7.25. The molecule has 1 spiro atoms. The van der Waals surface area contributed by atoms with Gasteiger partial charge in [0.2, 0.25) is 0 Å². The molecule has 0 N–H and O–H groups in total. The van der Waals surface area contributed by atoms with Crippen molar-refractivity contribution in [2.45, 2.75) is 52.1 Å². The Morgan fingerprint density at radius 2 is 1.68 bits per heavy atom. The van der Waals surface area contributed by atoms with E-state index >= 15 is 0 Å². The van der Waals surface area contributed by atoms with Crippen LogP contribution in [0.3, 0.4) is 0 Å².